The first-order chi connectivity index (χ1) is 22.5. The van der Waals surface area contributed by atoms with Crippen LogP contribution in [0.2, 0.25) is 0 Å². The van der Waals surface area contributed by atoms with Gasteiger partial charge >= 0.3 is 6.18 Å². The Labute approximate surface area is 275 Å². The van der Waals surface area contributed by atoms with Crippen molar-refractivity contribution in [3.63, 3.8) is 0 Å². The molecule has 258 valence electrons. The fourth-order valence-electron chi connectivity index (χ4n) is 9.18. The Bertz CT molecular complexity index is 1490. The molecule has 6 aliphatic rings. The Balaban J connectivity index is 0.983. The molecule has 2 aromatic rings. The lowest BCUT2D eigenvalue weighted by Gasteiger charge is -2.54. The fourth-order valence-corrected chi connectivity index (χ4v) is 10.6. The van der Waals surface area contributed by atoms with Crippen molar-refractivity contribution < 1.29 is 31.1 Å². The summed E-state index contributed by atoms with van der Waals surface area (Å²) in [6.45, 7) is 3.03. The zero-order valence-corrected chi connectivity index (χ0v) is 27.7. The highest BCUT2D eigenvalue weighted by Crippen LogP contribution is 2.53. The van der Waals surface area contributed by atoms with Crippen LogP contribution in [0.5, 0.6) is 5.88 Å². The van der Waals surface area contributed by atoms with Gasteiger partial charge in [0.15, 0.2) is 0 Å². The average molecular weight is 678 g/mol. The largest absolute Gasteiger partial charge is 0.477 e. The van der Waals surface area contributed by atoms with Crippen molar-refractivity contribution in [3.8, 4) is 5.88 Å². The van der Waals surface area contributed by atoms with Gasteiger partial charge in [-0.05, 0) is 98.8 Å². The highest BCUT2D eigenvalue weighted by molar-refractivity contribution is 7.89. The van der Waals surface area contributed by atoms with E-state index >= 15 is 0 Å². The molecule has 2 heterocycles. The quantitative estimate of drug-likeness (QED) is 0.361. The van der Waals surface area contributed by atoms with Gasteiger partial charge in [-0.15, -0.1) is 0 Å². The van der Waals surface area contributed by atoms with E-state index < -0.39 is 21.8 Å². The second-order valence-electron chi connectivity index (χ2n) is 14.6. The number of alkyl halides is 3. The Morgan fingerprint density at radius 3 is 2.15 bits per heavy atom. The number of ether oxygens (including phenoxy) is 1. The van der Waals surface area contributed by atoms with Gasteiger partial charge in [-0.3, -0.25) is 9.69 Å². The third-order valence-corrected chi connectivity index (χ3v) is 13.4. The molecule has 1 aliphatic heterocycles. The van der Waals surface area contributed by atoms with Gasteiger partial charge in [-0.2, -0.15) is 22.6 Å². The predicted octanol–water partition coefficient (Wildman–Crippen LogP) is 5.42. The number of hydrogen-bond donors (Lipinski definition) is 1. The van der Waals surface area contributed by atoms with Crippen molar-refractivity contribution in [2.24, 2.45) is 29.6 Å². The highest BCUT2D eigenvalue weighted by Gasteiger charge is 2.49. The van der Waals surface area contributed by atoms with Gasteiger partial charge in [0.2, 0.25) is 15.9 Å². The Kier molecular flexibility index (Phi) is 9.34. The lowest BCUT2D eigenvalue weighted by atomic mass is 9.54. The predicted molar refractivity (Wildman–Crippen MR) is 169 cm³/mol. The topological polar surface area (TPSA) is 96.8 Å². The van der Waals surface area contributed by atoms with E-state index in [-0.39, 0.29) is 29.9 Å². The Hall–Kier alpha value is -2.64. The standard InChI is InChI=1S/C34H46F3N5O4S/c35-34(36,37)28-6-8-29(9-7-28)47(44,45)41-13-10-40(11-14-41)12-15-42-33(46-22-23-4-2-1-3-5-23)30(21-38-42)32(43)39-31-26-17-24-16-25(19-26)20-27(31)18-24/h6-9,21,23-27,31H,1-5,10-20,22H2,(H,39,43). The van der Waals surface area contributed by atoms with Gasteiger partial charge < -0.3 is 10.1 Å². The van der Waals surface area contributed by atoms with Crippen LogP contribution in [0.4, 0.5) is 13.2 Å². The van der Waals surface area contributed by atoms with E-state index in [2.05, 4.69) is 15.3 Å². The van der Waals surface area contributed by atoms with Crippen LogP contribution < -0.4 is 10.1 Å². The number of carbonyl (C=O) groups excluding carboxylic acids is 1. The Morgan fingerprint density at radius 2 is 1.53 bits per heavy atom. The van der Waals surface area contributed by atoms with Gasteiger partial charge in [0.1, 0.15) is 5.56 Å². The molecule has 1 amide bonds. The molecule has 0 spiro atoms. The van der Waals surface area contributed by atoms with Crippen LogP contribution in [0.3, 0.4) is 0 Å². The van der Waals surface area contributed by atoms with Crippen molar-refractivity contribution in [1.82, 2.24) is 24.3 Å². The molecule has 8 rings (SSSR count). The smallest absolute Gasteiger partial charge is 0.416 e. The maximum atomic E-state index is 13.8. The first-order valence-electron chi connectivity index (χ1n) is 17.4. The van der Waals surface area contributed by atoms with Gasteiger partial charge in [-0.25, -0.2) is 13.1 Å². The first-order valence-corrected chi connectivity index (χ1v) is 18.9. The minimum atomic E-state index is -4.53. The van der Waals surface area contributed by atoms with Crippen molar-refractivity contribution in [2.75, 3.05) is 39.3 Å². The van der Waals surface area contributed by atoms with Crippen LogP contribution in [0.15, 0.2) is 35.4 Å². The normalized spacial score (nSPS) is 28.9. The molecule has 13 heteroatoms. The zero-order valence-electron chi connectivity index (χ0n) is 26.8. The van der Waals surface area contributed by atoms with Crippen LogP contribution in [0, 0.1) is 29.6 Å². The Morgan fingerprint density at radius 1 is 0.894 bits per heavy atom. The third-order valence-electron chi connectivity index (χ3n) is 11.5. The number of sulfonamides is 1. The van der Waals surface area contributed by atoms with E-state index in [9.17, 15) is 26.4 Å². The van der Waals surface area contributed by atoms with E-state index in [0.717, 1.165) is 48.9 Å². The summed E-state index contributed by atoms with van der Waals surface area (Å²) < 4.78 is 74.6. The molecular weight excluding hydrogens is 631 g/mol. The van der Waals surface area contributed by atoms with Crippen molar-refractivity contribution in [2.45, 2.75) is 87.9 Å². The molecule has 1 N–H and O–H groups in total. The van der Waals surface area contributed by atoms with E-state index in [4.69, 9.17) is 4.74 Å². The summed E-state index contributed by atoms with van der Waals surface area (Å²) in [5.74, 6) is 3.67. The van der Waals surface area contributed by atoms with Crippen molar-refractivity contribution in [1.29, 1.82) is 0 Å². The number of carbonyl (C=O) groups is 1. The molecule has 1 saturated heterocycles. The number of nitrogens with one attached hydrogen (secondary N) is 1. The SMILES string of the molecule is O=C(NC1C2CC3CC(C2)CC1C3)c1cnn(CCN2CCN(S(=O)(=O)c3ccc(C(F)(F)F)cc3)CC2)c1OCC1CCCCC1. The minimum absolute atomic E-state index is 0.102. The molecular formula is C34H46F3N5O4S. The number of hydrogen-bond acceptors (Lipinski definition) is 6. The number of amides is 1. The monoisotopic (exact) mass is 677 g/mol. The van der Waals surface area contributed by atoms with E-state index in [1.54, 1.807) is 10.9 Å². The number of benzene rings is 1. The maximum Gasteiger partial charge on any atom is 0.416 e. The first kappa shape index (κ1) is 32.9. The molecule has 6 fully saturated rings. The number of aromatic nitrogens is 2. The lowest BCUT2D eigenvalue weighted by molar-refractivity contribution is -0.137. The molecule has 9 nitrogen and oxygen atoms in total. The van der Waals surface area contributed by atoms with Crippen molar-refractivity contribution in [3.05, 3.63) is 41.6 Å². The fraction of sp³-hybridized carbons (Fsp3) is 0.706. The van der Waals surface area contributed by atoms with Gasteiger partial charge in [0, 0.05) is 38.8 Å². The van der Waals surface area contributed by atoms with E-state index in [0.29, 0.717) is 62.0 Å². The van der Waals surface area contributed by atoms with Gasteiger partial charge in [-0.1, -0.05) is 19.3 Å². The van der Waals surface area contributed by atoms with Crippen LogP contribution >= 0.6 is 0 Å². The molecule has 0 atom stereocenters. The number of halogens is 3. The summed E-state index contributed by atoms with van der Waals surface area (Å²) in [6.07, 6.45) is 9.28. The molecule has 4 bridgehead atoms. The lowest BCUT2D eigenvalue weighted by Crippen LogP contribution is -2.55. The molecule has 5 saturated carbocycles. The summed E-state index contributed by atoms with van der Waals surface area (Å²) in [6, 6.07) is 3.87. The summed E-state index contributed by atoms with van der Waals surface area (Å²) in [5.41, 5.74) is -0.391. The number of piperazine rings is 1. The number of nitrogens with zero attached hydrogens (tertiary/aromatic N) is 4. The summed E-state index contributed by atoms with van der Waals surface area (Å²) >= 11 is 0. The maximum absolute atomic E-state index is 13.8. The third kappa shape index (κ3) is 7.08. The van der Waals surface area contributed by atoms with Crippen LogP contribution in [-0.2, 0) is 22.7 Å². The van der Waals surface area contributed by atoms with Gasteiger partial charge in [0.05, 0.1) is 29.8 Å². The minimum Gasteiger partial charge on any atom is -0.477 e. The van der Waals surface area contributed by atoms with Crippen LogP contribution in [0.25, 0.3) is 0 Å². The van der Waals surface area contributed by atoms with Crippen LogP contribution in [-0.4, -0.2) is 78.7 Å². The second-order valence-corrected chi connectivity index (χ2v) is 16.5. The molecule has 1 aromatic carbocycles. The van der Waals surface area contributed by atoms with Crippen molar-refractivity contribution >= 4 is 15.9 Å². The van der Waals surface area contributed by atoms with E-state index in [1.165, 1.54) is 55.7 Å². The van der Waals surface area contributed by atoms with E-state index in [1.807, 2.05) is 0 Å². The summed E-state index contributed by atoms with van der Waals surface area (Å²) in [4.78, 5) is 15.8. The second kappa shape index (κ2) is 13.3. The summed E-state index contributed by atoms with van der Waals surface area (Å²) in [7, 11) is -3.91. The zero-order chi connectivity index (χ0) is 32.8. The average Bonchev–Trinajstić information content (AvgIpc) is 3.47. The molecule has 0 unspecified atom stereocenters. The van der Waals surface area contributed by atoms with Gasteiger partial charge in [0.25, 0.3) is 5.91 Å². The highest BCUT2D eigenvalue weighted by atomic mass is 32.2. The van der Waals surface area contributed by atoms with Crippen LogP contribution in [0.1, 0.15) is 80.1 Å². The molecule has 5 aliphatic carbocycles. The molecule has 0 radical (unpaired) electrons. The molecule has 1 aromatic heterocycles. The number of rotatable bonds is 10. The molecule has 47 heavy (non-hydrogen) atoms. The summed E-state index contributed by atoms with van der Waals surface area (Å²) in [5, 5.41) is 8.02.